The molecule has 1 saturated heterocycles. The average molecular weight is 493 g/mol. The van der Waals surface area contributed by atoms with Crippen molar-refractivity contribution in [2.75, 3.05) is 36.5 Å². The number of carbonyl (C=O) groups excluding carboxylic acids is 1. The third-order valence-corrected chi connectivity index (χ3v) is 7.06. The van der Waals surface area contributed by atoms with Gasteiger partial charge < -0.3 is 14.7 Å². The third kappa shape index (κ3) is 4.00. The molecular weight excluding hydrogens is 468 g/mol. The minimum Gasteiger partial charge on any atom is -0.448 e. The summed E-state index contributed by atoms with van der Waals surface area (Å²) < 4.78 is 6.55. The smallest absolute Gasteiger partial charge is 0.411 e. The highest BCUT2D eigenvalue weighted by Gasteiger charge is 2.29. The van der Waals surface area contributed by atoms with Gasteiger partial charge in [-0.05, 0) is 62.8 Å². The van der Waals surface area contributed by atoms with Gasteiger partial charge in [-0.1, -0.05) is 48.5 Å². The number of carbonyl (C=O) groups is 1. The van der Waals surface area contributed by atoms with E-state index in [9.17, 15) is 9.90 Å². The van der Waals surface area contributed by atoms with E-state index in [1.54, 1.807) is 0 Å². The topological polar surface area (TPSA) is 61.8 Å². The van der Waals surface area contributed by atoms with Gasteiger partial charge in [0.25, 0.3) is 0 Å². The van der Waals surface area contributed by atoms with Crippen LogP contribution in [0.25, 0.3) is 11.1 Å². The van der Waals surface area contributed by atoms with Crippen LogP contribution in [0.3, 0.4) is 0 Å². The molecule has 1 aliphatic heterocycles. The summed E-state index contributed by atoms with van der Waals surface area (Å²) in [4.78, 5) is 14.8. The molecule has 0 spiro atoms. The first-order chi connectivity index (χ1) is 15.6. The molecule has 164 valence electrons. The second-order valence-corrected chi connectivity index (χ2v) is 9.25. The zero-order valence-electron chi connectivity index (χ0n) is 17.6. The van der Waals surface area contributed by atoms with Gasteiger partial charge in [-0.25, -0.2) is 4.79 Å². The number of rotatable bonds is 5. The van der Waals surface area contributed by atoms with E-state index in [4.69, 9.17) is 4.74 Å². The van der Waals surface area contributed by atoms with Crippen LogP contribution in [0.1, 0.15) is 23.5 Å². The van der Waals surface area contributed by atoms with Crippen molar-refractivity contribution in [3.63, 3.8) is 0 Å². The van der Waals surface area contributed by atoms with Crippen molar-refractivity contribution in [1.29, 1.82) is 0 Å². The maximum Gasteiger partial charge on any atom is 0.411 e. The highest BCUT2D eigenvalue weighted by atomic mass is 79.9. The zero-order valence-corrected chi connectivity index (χ0v) is 19.2. The van der Waals surface area contributed by atoms with Crippen molar-refractivity contribution in [2.24, 2.45) is 5.92 Å². The minimum atomic E-state index is -0.465. The Morgan fingerprint density at radius 1 is 1.06 bits per heavy atom. The van der Waals surface area contributed by atoms with E-state index in [1.165, 1.54) is 22.3 Å². The second kappa shape index (κ2) is 8.96. The van der Waals surface area contributed by atoms with Crippen molar-refractivity contribution in [3.8, 4) is 11.1 Å². The lowest BCUT2D eigenvalue weighted by Crippen LogP contribution is -2.21. The van der Waals surface area contributed by atoms with Crippen LogP contribution in [0.2, 0.25) is 0 Å². The van der Waals surface area contributed by atoms with Gasteiger partial charge in [0.1, 0.15) is 6.61 Å². The Balaban J connectivity index is 1.24. The summed E-state index contributed by atoms with van der Waals surface area (Å²) in [5.41, 5.74) is 6.56. The molecule has 1 atom stereocenters. The molecule has 3 aromatic carbocycles. The van der Waals surface area contributed by atoms with Crippen LogP contribution >= 0.6 is 15.9 Å². The molecule has 5 nitrogen and oxygen atoms in total. The van der Waals surface area contributed by atoms with Crippen LogP contribution in [0.5, 0.6) is 0 Å². The highest BCUT2D eigenvalue weighted by molar-refractivity contribution is 9.10. The minimum absolute atomic E-state index is 0.0388. The Labute approximate surface area is 196 Å². The predicted octanol–water partition coefficient (Wildman–Crippen LogP) is 5.63. The van der Waals surface area contributed by atoms with Crippen LogP contribution < -0.4 is 10.2 Å². The van der Waals surface area contributed by atoms with E-state index in [2.05, 4.69) is 50.4 Å². The molecule has 2 aliphatic rings. The molecule has 1 heterocycles. The van der Waals surface area contributed by atoms with Crippen molar-refractivity contribution < 1.29 is 14.6 Å². The van der Waals surface area contributed by atoms with Gasteiger partial charge in [-0.2, -0.15) is 0 Å². The van der Waals surface area contributed by atoms with Crippen LogP contribution in [0.15, 0.2) is 71.2 Å². The summed E-state index contributed by atoms with van der Waals surface area (Å²) in [7, 11) is 0. The SMILES string of the molecule is O=C(Nc1ccc(N2CCC(CO)C2)c(Br)c1)OCC1c2ccccc2-c2ccccc21. The second-order valence-electron chi connectivity index (χ2n) is 8.40. The Morgan fingerprint density at radius 2 is 1.75 bits per heavy atom. The van der Waals surface area contributed by atoms with Gasteiger partial charge >= 0.3 is 6.09 Å². The first-order valence-electron chi connectivity index (χ1n) is 10.9. The van der Waals surface area contributed by atoms with Crippen LogP contribution in [-0.4, -0.2) is 37.5 Å². The number of ether oxygens (including phenoxy) is 1. The summed E-state index contributed by atoms with van der Waals surface area (Å²) in [6.07, 6.45) is 0.524. The number of halogens is 1. The number of anilines is 2. The fraction of sp³-hybridized carbons (Fsp3) is 0.269. The molecular formula is C26H25BrN2O3. The fourth-order valence-electron chi connectivity index (χ4n) is 4.79. The van der Waals surface area contributed by atoms with Crippen molar-refractivity contribution in [3.05, 3.63) is 82.3 Å². The number of aliphatic hydroxyl groups is 1. The molecule has 1 unspecified atom stereocenters. The molecule has 0 saturated carbocycles. The Bertz CT molecular complexity index is 1100. The molecule has 1 aliphatic carbocycles. The number of benzene rings is 3. The van der Waals surface area contributed by atoms with Gasteiger partial charge in [-0.15, -0.1) is 0 Å². The van der Waals surface area contributed by atoms with E-state index < -0.39 is 6.09 Å². The first kappa shape index (κ1) is 21.0. The molecule has 0 bridgehead atoms. The monoisotopic (exact) mass is 492 g/mol. The molecule has 3 aromatic rings. The summed E-state index contributed by atoms with van der Waals surface area (Å²) in [5, 5.41) is 12.2. The predicted molar refractivity (Wildman–Crippen MR) is 130 cm³/mol. The van der Waals surface area contributed by atoms with E-state index in [0.29, 0.717) is 11.6 Å². The molecule has 6 heteroatoms. The molecule has 5 rings (SSSR count). The van der Waals surface area contributed by atoms with E-state index >= 15 is 0 Å². The summed E-state index contributed by atoms with van der Waals surface area (Å²) >= 11 is 3.62. The quantitative estimate of drug-likeness (QED) is 0.484. The highest BCUT2D eigenvalue weighted by Crippen LogP contribution is 2.44. The fourth-order valence-corrected chi connectivity index (χ4v) is 5.42. The van der Waals surface area contributed by atoms with E-state index in [0.717, 1.165) is 29.7 Å². The lowest BCUT2D eigenvalue weighted by atomic mass is 9.98. The number of nitrogens with zero attached hydrogens (tertiary/aromatic N) is 1. The molecule has 1 amide bonds. The Hall–Kier alpha value is -2.83. The third-order valence-electron chi connectivity index (χ3n) is 6.42. The number of aliphatic hydroxyl groups excluding tert-OH is 1. The first-order valence-corrected chi connectivity index (χ1v) is 11.7. The van der Waals surface area contributed by atoms with E-state index in [1.807, 2.05) is 42.5 Å². The maximum absolute atomic E-state index is 12.5. The number of hydrogen-bond acceptors (Lipinski definition) is 4. The molecule has 2 N–H and O–H groups in total. The summed E-state index contributed by atoms with van der Waals surface area (Å²) in [6, 6.07) is 22.4. The van der Waals surface area contributed by atoms with Gasteiger partial charge in [-0.3, -0.25) is 5.32 Å². The van der Waals surface area contributed by atoms with Gasteiger partial charge in [0.15, 0.2) is 0 Å². The largest absolute Gasteiger partial charge is 0.448 e. The standard InChI is InChI=1S/C26H25BrN2O3/c27-24-13-18(9-10-25(24)29-12-11-17(14-29)15-30)28-26(31)32-16-23-21-7-3-1-5-19(21)20-6-2-4-8-22(20)23/h1-10,13,17,23,30H,11-12,14-16H2,(H,28,31). The van der Waals surface area contributed by atoms with Gasteiger partial charge in [0, 0.05) is 41.7 Å². The summed E-state index contributed by atoms with van der Waals surface area (Å²) in [6.45, 7) is 2.27. The average Bonchev–Trinajstić information content (AvgIpc) is 3.41. The van der Waals surface area contributed by atoms with Gasteiger partial charge in [0.2, 0.25) is 0 Å². The molecule has 32 heavy (non-hydrogen) atoms. The van der Waals surface area contributed by atoms with Gasteiger partial charge in [0.05, 0.1) is 5.69 Å². The van der Waals surface area contributed by atoms with Crippen molar-refractivity contribution in [2.45, 2.75) is 12.3 Å². The number of hydrogen-bond donors (Lipinski definition) is 2. The normalized spacial score (nSPS) is 17.2. The lowest BCUT2D eigenvalue weighted by Gasteiger charge is -2.21. The molecule has 0 radical (unpaired) electrons. The summed E-state index contributed by atoms with van der Waals surface area (Å²) in [5.74, 6) is 0.359. The lowest BCUT2D eigenvalue weighted by molar-refractivity contribution is 0.158. The van der Waals surface area contributed by atoms with Crippen LogP contribution in [-0.2, 0) is 4.74 Å². The number of nitrogens with one attached hydrogen (secondary N) is 1. The van der Waals surface area contributed by atoms with Crippen LogP contribution in [0.4, 0.5) is 16.2 Å². The van der Waals surface area contributed by atoms with Crippen LogP contribution in [0, 0.1) is 5.92 Å². The number of amides is 1. The Morgan fingerprint density at radius 3 is 2.38 bits per heavy atom. The van der Waals surface area contributed by atoms with Crippen molar-refractivity contribution >= 4 is 33.4 Å². The van der Waals surface area contributed by atoms with Crippen molar-refractivity contribution in [1.82, 2.24) is 0 Å². The number of fused-ring (bicyclic) bond motifs is 3. The van der Waals surface area contributed by atoms with E-state index in [-0.39, 0.29) is 19.1 Å². The zero-order chi connectivity index (χ0) is 22.1. The molecule has 0 aromatic heterocycles. The maximum atomic E-state index is 12.5. The Kier molecular flexibility index (Phi) is 5.89. The molecule has 1 fully saturated rings.